The quantitative estimate of drug-likeness (QED) is 0.631. The topological polar surface area (TPSA) is 75.5 Å². The first kappa shape index (κ1) is 19.4. The number of benzene rings is 1. The van der Waals surface area contributed by atoms with Gasteiger partial charge in [-0.2, -0.15) is 0 Å². The van der Waals surface area contributed by atoms with Crippen LogP contribution in [0.5, 0.6) is 0 Å². The summed E-state index contributed by atoms with van der Waals surface area (Å²) in [4.78, 5) is 25.5. The third-order valence-corrected chi connectivity index (χ3v) is 5.31. The molecule has 1 heterocycles. The fourth-order valence-electron chi connectivity index (χ4n) is 3.42. The van der Waals surface area contributed by atoms with Crippen molar-refractivity contribution in [1.82, 2.24) is 10.2 Å². The van der Waals surface area contributed by atoms with Crippen LogP contribution in [-0.4, -0.2) is 40.9 Å². The van der Waals surface area contributed by atoms with E-state index in [1.807, 2.05) is 0 Å². The van der Waals surface area contributed by atoms with E-state index in [1.54, 1.807) is 13.0 Å². The van der Waals surface area contributed by atoms with Gasteiger partial charge in [-0.3, -0.25) is 19.8 Å². The Labute approximate surface area is 149 Å². The van der Waals surface area contributed by atoms with Crippen molar-refractivity contribution in [1.29, 1.82) is 0 Å². The molecular formula is C19H29N3O3. The van der Waals surface area contributed by atoms with E-state index >= 15 is 0 Å². The van der Waals surface area contributed by atoms with Crippen molar-refractivity contribution in [2.75, 3.05) is 19.6 Å². The van der Waals surface area contributed by atoms with E-state index in [9.17, 15) is 14.9 Å². The molecule has 1 aliphatic heterocycles. The highest BCUT2D eigenvalue weighted by atomic mass is 16.6. The minimum Gasteiger partial charge on any atom is -0.350 e. The van der Waals surface area contributed by atoms with Crippen LogP contribution >= 0.6 is 0 Å². The summed E-state index contributed by atoms with van der Waals surface area (Å²) >= 11 is 0. The lowest BCUT2D eigenvalue weighted by Gasteiger charge is -2.43. The molecule has 2 rings (SSSR count). The first-order valence-electron chi connectivity index (χ1n) is 9.03. The van der Waals surface area contributed by atoms with E-state index in [4.69, 9.17) is 0 Å². The zero-order chi connectivity index (χ0) is 18.6. The SMILES string of the molecule is CCC1CCCN(C(C)(C)CNC(=O)c2cc([N+](=O)[O-])ccc2C)C1. The summed E-state index contributed by atoms with van der Waals surface area (Å²) in [7, 11) is 0. The van der Waals surface area contributed by atoms with E-state index in [-0.39, 0.29) is 17.1 Å². The number of hydrogen-bond donors (Lipinski definition) is 1. The molecule has 0 aliphatic carbocycles. The van der Waals surface area contributed by atoms with Crippen LogP contribution in [0.3, 0.4) is 0 Å². The van der Waals surface area contributed by atoms with E-state index in [2.05, 4.69) is 31.0 Å². The number of carbonyl (C=O) groups is 1. The second-order valence-corrected chi connectivity index (χ2v) is 7.61. The average Bonchev–Trinajstić information content (AvgIpc) is 2.60. The molecule has 25 heavy (non-hydrogen) atoms. The molecule has 0 spiro atoms. The van der Waals surface area contributed by atoms with Crippen LogP contribution in [0.4, 0.5) is 5.69 Å². The molecule has 6 heteroatoms. The van der Waals surface area contributed by atoms with Gasteiger partial charge in [0.2, 0.25) is 0 Å². The Morgan fingerprint density at radius 1 is 1.44 bits per heavy atom. The first-order chi connectivity index (χ1) is 11.7. The van der Waals surface area contributed by atoms with Gasteiger partial charge in [0, 0.05) is 36.3 Å². The Kier molecular flexibility index (Phi) is 6.16. The zero-order valence-corrected chi connectivity index (χ0v) is 15.7. The molecule has 1 amide bonds. The molecule has 1 saturated heterocycles. The first-order valence-corrected chi connectivity index (χ1v) is 9.03. The summed E-state index contributed by atoms with van der Waals surface area (Å²) in [6.07, 6.45) is 3.66. The summed E-state index contributed by atoms with van der Waals surface area (Å²) < 4.78 is 0. The van der Waals surface area contributed by atoms with Crippen LogP contribution in [0.2, 0.25) is 0 Å². The summed E-state index contributed by atoms with van der Waals surface area (Å²) in [6.45, 7) is 10.9. The van der Waals surface area contributed by atoms with E-state index < -0.39 is 4.92 Å². The van der Waals surface area contributed by atoms with Gasteiger partial charge < -0.3 is 5.32 Å². The second kappa shape index (κ2) is 7.95. The third-order valence-electron chi connectivity index (χ3n) is 5.31. The summed E-state index contributed by atoms with van der Waals surface area (Å²) in [5, 5.41) is 13.9. The van der Waals surface area contributed by atoms with Gasteiger partial charge in [-0.1, -0.05) is 19.4 Å². The number of hydrogen-bond acceptors (Lipinski definition) is 4. The molecule has 0 saturated carbocycles. The maximum atomic E-state index is 12.5. The smallest absolute Gasteiger partial charge is 0.270 e. The monoisotopic (exact) mass is 347 g/mol. The Bertz CT molecular complexity index is 643. The van der Waals surface area contributed by atoms with Gasteiger partial charge in [0.15, 0.2) is 0 Å². The fraction of sp³-hybridized carbons (Fsp3) is 0.632. The van der Waals surface area contributed by atoms with E-state index in [0.29, 0.717) is 12.1 Å². The van der Waals surface area contributed by atoms with Gasteiger partial charge in [0.05, 0.1) is 4.92 Å². The van der Waals surface area contributed by atoms with Gasteiger partial charge in [-0.05, 0) is 51.6 Å². The fourth-order valence-corrected chi connectivity index (χ4v) is 3.42. The summed E-state index contributed by atoms with van der Waals surface area (Å²) in [6, 6.07) is 4.40. The van der Waals surface area contributed by atoms with Crippen LogP contribution in [-0.2, 0) is 0 Å². The highest BCUT2D eigenvalue weighted by Crippen LogP contribution is 2.25. The number of likely N-dealkylation sites (tertiary alicyclic amines) is 1. The number of carbonyl (C=O) groups excluding carboxylic acids is 1. The van der Waals surface area contributed by atoms with Crippen LogP contribution < -0.4 is 5.32 Å². The summed E-state index contributed by atoms with van der Waals surface area (Å²) in [5.41, 5.74) is 0.912. The minimum atomic E-state index is -0.473. The highest BCUT2D eigenvalue weighted by molar-refractivity contribution is 5.96. The normalized spacial score (nSPS) is 18.8. The van der Waals surface area contributed by atoms with Crippen molar-refractivity contribution in [3.05, 3.63) is 39.4 Å². The van der Waals surface area contributed by atoms with Crippen molar-refractivity contribution in [3.8, 4) is 0 Å². The molecular weight excluding hydrogens is 318 g/mol. The Balaban J connectivity index is 2.03. The minimum absolute atomic E-state index is 0.0585. The zero-order valence-electron chi connectivity index (χ0n) is 15.7. The van der Waals surface area contributed by atoms with E-state index in [0.717, 1.165) is 24.6 Å². The lowest BCUT2D eigenvalue weighted by molar-refractivity contribution is -0.384. The van der Waals surface area contributed by atoms with Crippen LogP contribution in [0.15, 0.2) is 18.2 Å². The molecule has 1 unspecified atom stereocenters. The molecule has 0 aromatic heterocycles. The maximum Gasteiger partial charge on any atom is 0.270 e. The molecule has 1 aromatic carbocycles. The van der Waals surface area contributed by atoms with Crippen LogP contribution in [0, 0.1) is 23.0 Å². The van der Waals surface area contributed by atoms with Crippen molar-refractivity contribution in [2.24, 2.45) is 5.92 Å². The molecule has 1 N–H and O–H groups in total. The van der Waals surface area contributed by atoms with Crippen molar-refractivity contribution in [3.63, 3.8) is 0 Å². The molecule has 1 atom stereocenters. The predicted octanol–water partition coefficient (Wildman–Crippen LogP) is 3.53. The third kappa shape index (κ3) is 4.78. The molecule has 0 radical (unpaired) electrons. The number of amides is 1. The molecule has 0 bridgehead atoms. The van der Waals surface area contributed by atoms with Gasteiger partial charge in [-0.15, -0.1) is 0 Å². The maximum absolute atomic E-state index is 12.5. The number of rotatable bonds is 6. The number of piperidine rings is 1. The number of nitrogens with zero attached hydrogens (tertiary/aromatic N) is 2. The van der Waals surface area contributed by atoms with Crippen LogP contribution in [0.1, 0.15) is 56.0 Å². The number of nitro groups is 1. The molecule has 1 aliphatic rings. The molecule has 1 fully saturated rings. The lowest BCUT2D eigenvalue weighted by atomic mass is 9.91. The largest absolute Gasteiger partial charge is 0.350 e. The number of nitrogens with one attached hydrogen (secondary N) is 1. The van der Waals surface area contributed by atoms with Crippen molar-refractivity contribution in [2.45, 2.75) is 52.5 Å². The van der Waals surface area contributed by atoms with Crippen molar-refractivity contribution >= 4 is 11.6 Å². The second-order valence-electron chi connectivity index (χ2n) is 7.61. The number of nitro benzene ring substituents is 1. The van der Waals surface area contributed by atoms with Gasteiger partial charge in [0.25, 0.3) is 11.6 Å². The highest BCUT2D eigenvalue weighted by Gasteiger charge is 2.31. The van der Waals surface area contributed by atoms with Crippen molar-refractivity contribution < 1.29 is 9.72 Å². The molecule has 6 nitrogen and oxygen atoms in total. The van der Waals surface area contributed by atoms with E-state index in [1.165, 1.54) is 31.4 Å². The number of non-ortho nitro benzene ring substituents is 1. The number of aryl methyl sites for hydroxylation is 1. The van der Waals surface area contributed by atoms with Gasteiger partial charge in [-0.25, -0.2) is 0 Å². The Morgan fingerprint density at radius 2 is 2.16 bits per heavy atom. The van der Waals surface area contributed by atoms with Crippen LogP contribution in [0.25, 0.3) is 0 Å². The van der Waals surface area contributed by atoms with Gasteiger partial charge >= 0.3 is 0 Å². The average molecular weight is 347 g/mol. The Hall–Kier alpha value is -1.95. The molecule has 1 aromatic rings. The Morgan fingerprint density at radius 3 is 2.80 bits per heavy atom. The molecule has 138 valence electrons. The standard InChI is InChI=1S/C19H29N3O3/c1-5-15-7-6-10-21(12-15)19(3,4)13-20-18(23)17-11-16(22(24)25)9-8-14(17)2/h8-9,11,15H,5-7,10,12-13H2,1-4H3,(H,20,23). The summed E-state index contributed by atoms with van der Waals surface area (Å²) in [5.74, 6) is 0.473. The lowest BCUT2D eigenvalue weighted by Crippen LogP contribution is -2.54. The predicted molar refractivity (Wildman–Crippen MR) is 98.8 cm³/mol. The van der Waals surface area contributed by atoms with Gasteiger partial charge in [0.1, 0.15) is 0 Å².